The van der Waals surface area contributed by atoms with Crippen molar-refractivity contribution in [1.29, 1.82) is 0 Å². The summed E-state index contributed by atoms with van der Waals surface area (Å²) in [7, 11) is 0. The van der Waals surface area contributed by atoms with E-state index in [-0.39, 0.29) is 0 Å². The number of fused-ring (bicyclic) bond motifs is 1. The number of rotatable bonds is 6. The Morgan fingerprint density at radius 2 is 1.77 bits per heavy atom. The van der Waals surface area contributed by atoms with Crippen molar-refractivity contribution in [2.24, 2.45) is 0 Å². The molecule has 1 aromatic carbocycles. The number of carbonyl (C=O) groups excluding carboxylic acids is 3. The molecule has 0 spiro atoms. The second-order valence-corrected chi connectivity index (χ2v) is 8.52. The number of amides is 3. The van der Waals surface area contributed by atoms with Crippen LogP contribution in [-0.4, -0.2) is 38.2 Å². The third kappa shape index (κ3) is 3.57. The maximum Gasteiger partial charge on any atom is 0.262 e. The highest BCUT2D eigenvalue weighted by atomic mass is 32.1. The normalized spacial score (nSPS) is 14.1. The summed E-state index contributed by atoms with van der Waals surface area (Å²) in [6, 6.07) is 7.76. The van der Waals surface area contributed by atoms with Gasteiger partial charge in [-0.05, 0) is 45.4 Å². The Hall–Kier alpha value is -3.26. The van der Waals surface area contributed by atoms with Crippen LogP contribution >= 0.6 is 11.3 Å². The zero-order valence-electron chi connectivity index (χ0n) is 17.9. The zero-order valence-corrected chi connectivity index (χ0v) is 18.7. The van der Waals surface area contributed by atoms with Crippen molar-refractivity contribution >= 4 is 34.2 Å². The van der Waals surface area contributed by atoms with Crippen molar-refractivity contribution in [2.75, 3.05) is 5.32 Å². The first-order chi connectivity index (χ1) is 14.8. The van der Waals surface area contributed by atoms with E-state index in [1.165, 1.54) is 17.0 Å². The fourth-order valence-electron chi connectivity index (χ4n) is 3.97. The lowest BCUT2D eigenvalue weighted by Gasteiger charge is -2.21. The van der Waals surface area contributed by atoms with Gasteiger partial charge in [0.25, 0.3) is 11.8 Å². The number of carbonyl (C=O) groups is 3. The highest BCUT2D eigenvalue weighted by molar-refractivity contribution is 7.14. The molecule has 2 aromatic heterocycles. The molecule has 0 unspecified atom stereocenters. The highest BCUT2D eigenvalue weighted by Gasteiger charge is 2.40. The highest BCUT2D eigenvalue weighted by Crippen LogP contribution is 2.31. The number of nitrogens with one attached hydrogen (secondary N) is 1. The summed E-state index contributed by atoms with van der Waals surface area (Å²) in [4.78, 5) is 43.6. The quantitative estimate of drug-likeness (QED) is 0.585. The predicted molar refractivity (Wildman–Crippen MR) is 120 cm³/mol. The van der Waals surface area contributed by atoms with E-state index < -0.39 is 23.8 Å². The van der Waals surface area contributed by atoms with E-state index in [1.807, 2.05) is 5.38 Å². The van der Waals surface area contributed by atoms with E-state index in [0.29, 0.717) is 16.3 Å². The second-order valence-electron chi connectivity index (χ2n) is 7.67. The predicted octanol–water partition coefficient (Wildman–Crippen LogP) is 4.26. The largest absolute Gasteiger partial charge is 0.348 e. The standard InChI is InChI=1S/C23H24N4O3S/c1-5-10-26-13(2)11-18(14(26)3)19-12-31-23(24-19)25-20(28)15(4)27-21(29)16-8-6-7-9-17(16)22(27)30/h6-9,11-12,15H,5,10H2,1-4H3,(H,24,25,28)/t15-/m1/s1. The van der Waals surface area contributed by atoms with Crippen LogP contribution in [0.1, 0.15) is 52.4 Å². The van der Waals surface area contributed by atoms with E-state index in [4.69, 9.17) is 0 Å². The lowest BCUT2D eigenvalue weighted by molar-refractivity contribution is -0.119. The number of aromatic nitrogens is 2. The molecule has 1 aliphatic heterocycles. The summed E-state index contributed by atoms with van der Waals surface area (Å²) >= 11 is 1.32. The van der Waals surface area contributed by atoms with E-state index >= 15 is 0 Å². The molecule has 0 saturated heterocycles. The molecule has 160 valence electrons. The summed E-state index contributed by atoms with van der Waals surface area (Å²) in [5.74, 6) is -1.36. The molecular weight excluding hydrogens is 412 g/mol. The Morgan fingerprint density at radius 3 is 2.39 bits per heavy atom. The molecule has 0 fully saturated rings. The first-order valence-corrected chi connectivity index (χ1v) is 11.1. The molecule has 3 heterocycles. The van der Waals surface area contributed by atoms with Gasteiger partial charge in [-0.2, -0.15) is 0 Å². The molecule has 8 heteroatoms. The van der Waals surface area contributed by atoms with Crippen molar-refractivity contribution in [3.63, 3.8) is 0 Å². The van der Waals surface area contributed by atoms with E-state index in [1.54, 1.807) is 31.2 Å². The smallest absolute Gasteiger partial charge is 0.262 e. The third-order valence-corrected chi connectivity index (χ3v) is 6.38. The molecule has 3 amide bonds. The second kappa shape index (κ2) is 8.11. The SMILES string of the molecule is CCCn1c(C)cc(-c2csc(NC(=O)[C@@H](C)N3C(=O)c4ccccc4C3=O)n2)c1C. The van der Waals surface area contributed by atoms with Gasteiger partial charge in [0, 0.05) is 28.9 Å². The summed E-state index contributed by atoms with van der Waals surface area (Å²) in [5, 5.41) is 5.10. The third-order valence-electron chi connectivity index (χ3n) is 5.62. The Bertz CT molecular complexity index is 1160. The van der Waals surface area contributed by atoms with Gasteiger partial charge < -0.3 is 9.88 Å². The molecule has 3 aromatic rings. The van der Waals surface area contributed by atoms with E-state index in [0.717, 1.165) is 34.8 Å². The van der Waals surface area contributed by atoms with Crippen LogP contribution in [-0.2, 0) is 11.3 Å². The average molecular weight is 437 g/mol. The molecule has 1 aliphatic rings. The Labute approximate surface area is 184 Å². The van der Waals surface area contributed by atoms with E-state index in [2.05, 4.69) is 41.7 Å². The Balaban J connectivity index is 1.51. The van der Waals surface area contributed by atoms with Crippen molar-refractivity contribution in [2.45, 2.75) is 46.7 Å². The molecule has 0 saturated carbocycles. The number of hydrogen-bond acceptors (Lipinski definition) is 5. The molecule has 0 radical (unpaired) electrons. The van der Waals surface area contributed by atoms with Crippen LogP contribution in [0, 0.1) is 13.8 Å². The fraction of sp³-hybridized carbons (Fsp3) is 0.304. The fourth-order valence-corrected chi connectivity index (χ4v) is 4.68. The van der Waals surface area contributed by atoms with Gasteiger partial charge in [-0.3, -0.25) is 19.3 Å². The number of imide groups is 1. The van der Waals surface area contributed by atoms with Crippen molar-refractivity contribution in [1.82, 2.24) is 14.5 Å². The number of benzene rings is 1. The number of thiazole rings is 1. The monoisotopic (exact) mass is 436 g/mol. The molecular formula is C23H24N4O3S. The lowest BCUT2D eigenvalue weighted by Crippen LogP contribution is -2.45. The lowest BCUT2D eigenvalue weighted by atomic mass is 10.1. The summed E-state index contributed by atoms with van der Waals surface area (Å²) < 4.78 is 2.26. The van der Waals surface area contributed by atoms with Crippen LogP contribution < -0.4 is 5.32 Å². The minimum atomic E-state index is -0.950. The molecule has 0 aliphatic carbocycles. The molecule has 0 bridgehead atoms. The minimum absolute atomic E-state index is 0.325. The topological polar surface area (TPSA) is 84.3 Å². The van der Waals surface area contributed by atoms with Crippen LogP contribution in [0.5, 0.6) is 0 Å². The van der Waals surface area contributed by atoms with Gasteiger partial charge in [0.2, 0.25) is 5.91 Å². The Kier molecular flexibility index (Phi) is 5.49. The molecule has 1 atom stereocenters. The number of nitrogens with zero attached hydrogens (tertiary/aromatic N) is 3. The Morgan fingerprint density at radius 1 is 1.13 bits per heavy atom. The van der Waals surface area contributed by atoms with Crippen LogP contribution in [0.25, 0.3) is 11.3 Å². The van der Waals surface area contributed by atoms with Gasteiger partial charge in [-0.1, -0.05) is 19.1 Å². The van der Waals surface area contributed by atoms with Crippen molar-refractivity contribution < 1.29 is 14.4 Å². The summed E-state index contributed by atoms with van der Waals surface area (Å²) in [6.45, 7) is 8.78. The van der Waals surface area contributed by atoms with Crippen LogP contribution in [0.2, 0.25) is 0 Å². The van der Waals surface area contributed by atoms with Gasteiger partial charge in [-0.25, -0.2) is 4.98 Å². The van der Waals surface area contributed by atoms with Crippen LogP contribution in [0.15, 0.2) is 35.7 Å². The first-order valence-electron chi connectivity index (χ1n) is 10.2. The average Bonchev–Trinajstić information content (AvgIpc) is 3.40. The number of hydrogen-bond donors (Lipinski definition) is 1. The van der Waals surface area contributed by atoms with Gasteiger partial charge in [0.05, 0.1) is 16.8 Å². The van der Waals surface area contributed by atoms with Crippen molar-refractivity contribution in [3.8, 4) is 11.3 Å². The number of aryl methyl sites for hydroxylation is 1. The molecule has 1 N–H and O–H groups in total. The maximum absolute atomic E-state index is 12.8. The summed E-state index contributed by atoms with van der Waals surface area (Å²) in [6.07, 6.45) is 1.05. The van der Waals surface area contributed by atoms with Crippen LogP contribution in [0.3, 0.4) is 0 Å². The zero-order chi connectivity index (χ0) is 22.3. The van der Waals surface area contributed by atoms with Gasteiger partial charge in [-0.15, -0.1) is 11.3 Å². The van der Waals surface area contributed by atoms with Gasteiger partial charge in [0.1, 0.15) is 6.04 Å². The molecule has 7 nitrogen and oxygen atoms in total. The van der Waals surface area contributed by atoms with E-state index in [9.17, 15) is 14.4 Å². The number of anilines is 1. The molecule has 31 heavy (non-hydrogen) atoms. The molecule has 4 rings (SSSR count). The first kappa shape index (κ1) is 21.0. The summed E-state index contributed by atoms with van der Waals surface area (Å²) in [5.41, 5.74) is 4.80. The van der Waals surface area contributed by atoms with Gasteiger partial charge in [0.15, 0.2) is 5.13 Å². The minimum Gasteiger partial charge on any atom is -0.348 e. The maximum atomic E-state index is 12.8. The van der Waals surface area contributed by atoms with Crippen LogP contribution in [0.4, 0.5) is 5.13 Å². The van der Waals surface area contributed by atoms with Gasteiger partial charge >= 0.3 is 0 Å². The van der Waals surface area contributed by atoms with Crippen molar-refractivity contribution in [3.05, 3.63) is 58.2 Å².